The summed E-state index contributed by atoms with van der Waals surface area (Å²) in [7, 11) is -3.96. The Morgan fingerprint density at radius 1 is 0.968 bits per heavy atom. The highest BCUT2D eigenvalue weighted by Gasteiger charge is 2.25. The van der Waals surface area contributed by atoms with Crippen molar-refractivity contribution in [3.05, 3.63) is 88.2 Å². The molecular formula is C25H30N2O3S. The molecule has 3 aromatic rings. The SMILES string of the molecule is Cc1cc(C)c(Cn2cc(C(C)(C)C)cc2C(=O)NS(=O)(=O)c2ccccc2)c(C)c1. The van der Waals surface area contributed by atoms with Crippen LogP contribution in [0.5, 0.6) is 0 Å². The lowest BCUT2D eigenvalue weighted by Gasteiger charge is -2.16. The molecule has 2 aromatic carbocycles. The average molecular weight is 439 g/mol. The van der Waals surface area contributed by atoms with Gasteiger partial charge in [0.1, 0.15) is 5.69 Å². The number of nitrogens with zero attached hydrogens (tertiary/aromatic N) is 1. The third-order valence-corrected chi connectivity index (χ3v) is 6.79. The number of benzene rings is 2. The van der Waals surface area contributed by atoms with E-state index in [-0.39, 0.29) is 10.3 Å². The van der Waals surface area contributed by atoms with E-state index in [4.69, 9.17) is 0 Å². The molecule has 0 spiro atoms. The van der Waals surface area contributed by atoms with E-state index in [1.165, 1.54) is 17.7 Å². The van der Waals surface area contributed by atoms with Crippen LogP contribution in [0.4, 0.5) is 0 Å². The van der Waals surface area contributed by atoms with Crippen LogP contribution in [-0.2, 0) is 22.0 Å². The maximum Gasteiger partial charge on any atom is 0.281 e. The molecular weight excluding hydrogens is 408 g/mol. The number of amides is 1. The van der Waals surface area contributed by atoms with Gasteiger partial charge in [0.05, 0.1) is 4.90 Å². The summed E-state index contributed by atoms with van der Waals surface area (Å²) in [6.45, 7) is 12.9. The molecule has 1 amide bonds. The zero-order valence-corrected chi connectivity index (χ0v) is 19.8. The third-order valence-electron chi connectivity index (χ3n) is 5.44. The van der Waals surface area contributed by atoms with Crippen LogP contribution < -0.4 is 4.72 Å². The van der Waals surface area contributed by atoms with Crippen molar-refractivity contribution < 1.29 is 13.2 Å². The molecule has 0 saturated carbocycles. The van der Waals surface area contributed by atoms with Crippen LogP contribution in [0.3, 0.4) is 0 Å². The molecule has 0 aliphatic heterocycles. The summed E-state index contributed by atoms with van der Waals surface area (Å²) >= 11 is 0. The Balaban J connectivity index is 2.02. The molecule has 0 aliphatic rings. The largest absolute Gasteiger partial charge is 0.339 e. The Kier molecular flexibility index (Phi) is 6.14. The molecule has 0 saturated heterocycles. The van der Waals surface area contributed by atoms with E-state index in [0.29, 0.717) is 12.2 Å². The van der Waals surface area contributed by atoms with Crippen LogP contribution in [0.2, 0.25) is 0 Å². The summed E-state index contributed by atoms with van der Waals surface area (Å²) in [5, 5.41) is 0. The van der Waals surface area contributed by atoms with Gasteiger partial charge in [0.2, 0.25) is 0 Å². The second-order valence-electron chi connectivity index (χ2n) is 9.12. The Morgan fingerprint density at radius 3 is 2.10 bits per heavy atom. The van der Waals surface area contributed by atoms with Gasteiger partial charge < -0.3 is 4.57 Å². The molecule has 1 N–H and O–H groups in total. The van der Waals surface area contributed by atoms with Crippen LogP contribution >= 0.6 is 0 Å². The van der Waals surface area contributed by atoms with E-state index in [0.717, 1.165) is 22.3 Å². The molecule has 6 heteroatoms. The standard InChI is InChI=1S/C25H30N2O3S/c1-17-12-18(2)22(19(3)13-17)16-27-15-20(25(4,5)6)14-23(27)24(28)26-31(29,30)21-10-8-7-9-11-21/h7-15H,16H2,1-6H3,(H,26,28). The first kappa shape index (κ1) is 22.8. The summed E-state index contributed by atoms with van der Waals surface area (Å²) in [5.41, 5.74) is 5.71. The molecule has 0 unspecified atom stereocenters. The van der Waals surface area contributed by atoms with Gasteiger partial charge in [-0.1, -0.05) is 56.7 Å². The van der Waals surface area contributed by atoms with Crippen molar-refractivity contribution in [2.24, 2.45) is 0 Å². The van der Waals surface area contributed by atoms with E-state index in [1.54, 1.807) is 24.3 Å². The van der Waals surface area contributed by atoms with E-state index in [1.807, 2.05) is 10.8 Å². The highest BCUT2D eigenvalue weighted by atomic mass is 32.2. The average Bonchev–Trinajstić information content (AvgIpc) is 3.09. The molecule has 164 valence electrons. The third kappa shape index (κ3) is 5.07. The highest BCUT2D eigenvalue weighted by Crippen LogP contribution is 2.27. The number of carbonyl (C=O) groups excluding carboxylic acids is 1. The number of hydrogen-bond donors (Lipinski definition) is 1. The van der Waals surface area contributed by atoms with Gasteiger partial charge in [-0.3, -0.25) is 4.79 Å². The fourth-order valence-electron chi connectivity index (χ4n) is 3.70. The minimum absolute atomic E-state index is 0.0581. The zero-order valence-electron chi connectivity index (χ0n) is 19.0. The Bertz CT molecular complexity index is 1190. The second kappa shape index (κ2) is 8.35. The molecule has 0 aliphatic carbocycles. The molecule has 1 heterocycles. The molecule has 0 radical (unpaired) electrons. The van der Waals surface area contributed by atoms with E-state index in [9.17, 15) is 13.2 Å². The van der Waals surface area contributed by atoms with Gasteiger partial charge in [0, 0.05) is 12.7 Å². The first-order valence-corrected chi connectivity index (χ1v) is 11.8. The quantitative estimate of drug-likeness (QED) is 0.617. The highest BCUT2D eigenvalue weighted by molar-refractivity contribution is 7.90. The van der Waals surface area contributed by atoms with Gasteiger partial charge in [-0.25, -0.2) is 13.1 Å². The summed E-state index contributed by atoms with van der Waals surface area (Å²) in [6.07, 6.45) is 1.95. The Labute approximate surface area is 185 Å². The maximum atomic E-state index is 13.1. The molecule has 31 heavy (non-hydrogen) atoms. The number of aromatic nitrogens is 1. The summed E-state index contributed by atoms with van der Waals surface area (Å²) in [6, 6.07) is 13.9. The molecule has 1 aromatic heterocycles. The Hall–Kier alpha value is -2.86. The van der Waals surface area contributed by atoms with Crippen molar-refractivity contribution in [3.63, 3.8) is 0 Å². The molecule has 0 bridgehead atoms. The van der Waals surface area contributed by atoms with E-state index in [2.05, 4.69) is 58.4 Å². The van der Waals surface area contributed by atoms with Crippen LogP contribution in [0.1, 0.15) is 59.1 Å². The van der Waals surface area contributed by atoms with Gasteiger partial charge in [0.25, 0.3) is 15.9 Å². The fraction of sp³-hybridized carbons (Fsp3) is 0.320. The van der Waals surface area contributed by atoms with Crippen molar-refractivity contribution in [2.45, 2.75) is 58.4 Å². The van der Waals surface area contributed by atoms with E-state index < -0.39 is 15.9 Å². The first-order chi connectivity index (χ1) is 14.4. The topological polar surface area (TPSA) is 68.2 Å². The molecule has 0 atom stereocenters. The van der Waals surface area contributed by atoms with Gasteiger partial charge in [-0.15, -0.1) is 0 Å². The van der Waals surface area contributed by atoms with Crippen LogP contribution in [0, 0.1) is 20.8 Å². The number of aryl methyl sites for hydroxylation is 3. The van der Waals surface area contributed by atoms with Gasteiger partial charge in [-0.05, 0) is 66.6 Å². The second-order valence-corrected chi connectivity index (χ2v) is 10.8. The predicted octanol–water partition coefficient (Wildman–Crippen LogP) is 4.88. The lowest BCUT2D eigenvalue weighted by molar-refractivity contribution is 0.0973. The zero-order chi connectivity index (χ0) is 23.0. The number of carbonyl (C=O) groups is 1. The van der Waals surface area contributed by atoms with Gasteiger partial charge in [-0.2, -0.15) is 0 Å². The van der Waals surface area contributed by atoms with Crippen molar-refractivity contribution in [1.29, 1.82) is 0 Å². The van der Waals surface area contributed by atoms with Crippen LogP contribution in [-0.4, -0.2) is 18.9 Å². The van der Waals surface area contributed by atoms with Crippen molar-refractivity contribution >= 4 is 15.9 Å². The monoisotopic (exact) mass is 438 g/mol. The smallest absolute Gasteiger partial charge is 0.281 e. The van der Waals surface area contributed by atoms with Crippen molar-refractivity contribution in [2.75, 3.05) is 0 Å². The maximum absolute atomic E-state index is 13.1. The number of rotatable bonds is 5. The van der Waals surface area contributed by atoms with Gasteiger partial charge in [0.15, 0.2) is 0 Å². The predicted molar refractivity (Wildman–Crippen MR) is 124 cm³/mol. The normalized spacial score (nSPS) is 12.1. The fourth-order valence-corrected chi connectivity index (χ4v) is 4.69. The van der Waals surface area contributed by atoms with Crippen molar-refractivity contribution in [3.8, 4) is 0 Å². The number of sulfonamides is 1. The summed E-state index contributed by atoms with van der Waals surface area (Å²) in [5.74, 6) is -0.637. The molecule has 5 nitrogen and oxygen atoms in total. The van der Waals surface area contributed by atoms with E-state index >= 15 is 0 Å². The number of nitrogens with one attached hydrogen (secondary N) is 1. The lowest BCUT2D eigenvalue weighted by Crippen LogP contribution is -2.32. The molecule has 0 fully saturated rings. The first-order valence-electron chi connectivity index (χ1n) is 10.3. The minimum Gasteiger partial charge on any atom is -0.339 e. The Morgan fingerprint density at radius 2 is 1.55 bits per heavy atom. The minimum atomic E-state index is -3.96. The summed E-state index contributed by atoms with van der Waals surface area (Å²) < 4.78 is 29.5. The van der Waals surface area contributed by atoms with Crippen LogP contribution in [0.15, 0.2) is 59.6 Å². The van der Waals surface area contributed by atoms with Crippen LogP contribution in [0.25, 0.3) is 0 Å². The van der Waals surface area contributed by atoms with Gasteiger partial charge >= 0.3 is 0 Å². The number of hydrogen-bond acceptors (Lipinski definition) is 3. The lowest BCUT2D eigenvalue weighted by atomic mass is 9.89. The van der Waals surface area contributed by atoms with Crippen molar-refractivity contribution in [1.82, 2.24) is 9.29 Å². The molecule has 3 rings (SSSR count). The summed E-state index contributed by atoms with van der Waals surface area (Å²) in [4.78, 5) is 13.2.